The normalized spacial score (nSPS) is 14.2. The number of hydrogen-bond acceptors (Lipinski definition) is 6. The quantitative estimate of drug-likeness (QED) is 0.0272. The van der Waals surface area contributed by atoms with Gasteiger partial charge in [0, 0.05) is 6.42 Å². The van der Waals surface area contributed by atoms with E-state index in [-0.39, 0.29) is 19.1 Å². The van der Waals surface area contributed by atoms with Crippen LogP contribution in [0.1, 0.15) is 296 Å². The Bertz CT molecular complexity index is 1390. The van der Waals surface area contributed by atoms with Crippen molar-refractivity contribution in [2.45, 2.75) is 309 Å². The van der Waals surface area contributed by atoms with E-state index in [0.717, 1.165) is 70.6 Å². The molecule has 8 nitrogen and oxygen atoms in total. The summed E-state index contributed by atoms with van der Waals surface area (Å²) in [5, 5.41) is 14.0. The predicted molar refractivity (Wildman–Crippen MR) is 321 cm³/mol. The smallest absolute Gasteiger partial charge is 0.268 e. The summed E-state index contributed by atoms with van der Waals surface area (Å²) in [6.45, 7) is 4.63. The number of allylic oxidation sites excluding steroid dienone is 10. The lowest BCUT2D eigenvalue weighted by atomic mass is 10.0. The summed E-state index contributed by atoms with van der Waals surface area (Å²) in [5.41, 5.74) is 0. The van der Waals surface area contributed by atoms with Gasteiger partial charge in [-0.05, 0) is 57.8 Å². The molecule has 0 aliphatic carbocycles. The zero-order chi connectivity index (χ0) is 54.2. The molecule has 0 aromatic rings. The topological polar surface area (TPSA) is 108 Å². The second-order valence-electron chi connectivity index (χ2n) is 22.7. The van der Waals surface area contributed by atoms with Crippen LogP contribution < -0.4 is 10.2 Å². The lowest BCUT2D eigenvalue weighted by Crippen LogP contribution is -2.46. The molecule has 0 aromatic carbocycles. The van der Waals surface area contributed by atoms with Gasteiger partial charge in [0.15, 0.2) is 0 Å². The zero-order valence-electron chi connectivity index (χ0n) is 49.5. The first kappa shape index (κ1) is 72.2. The molecule has 74 heavy (non-hydrogen) atoms. The Balaban J connectivity index is 3.94. The molecule has 9 heteroatoms. The van der Waals surface area contributed by atoms with E-state index in [9.17, 15) is 19.4 Å². The number of likely N-dealkylation sites (N-methyl/N-ethyl adjacent to an activating group) is 1. The number of quaternary nitrogens is 1. The molecule has 0 saturated heterocycles. The van der Waals surface area contributed by atoms with Gasteiger partial charge in [-0.25, -0.2) is 0 Å². The van der Waals surface area contributed by atoms with Crippen molar-refractivity contribution in [1.82, 2.24) is 5.32 Å². The Morgan fingerprint density at radius 3 is 1.20 bits per heavy atom. The summed E-state index contributed by atoms with van der Waals surface area (Å²) in [6.07, 6.45) is 75.6. The fraction of sp³-hybridized carbons (Fsp3) is 0.831. The van der Waals surface area contributed by atoms with Gasteiger partial charge in [-0.3, -0.25) is 9.36 Å². The largest absolute Gasteiger partial charge is 0.756 e. The molecule has 434 valence electrons. The van der Waals surface area contributed by atoms with Gasteiger partial charge in [0.2, 0.25) is 5.91 Å². The molecular formula is C65H123N2O6P. The van der Waals surface area contributed by atoms with E-state index in [1.54, 1.807) is 0 Å². The lowest BCUT2D eigenvalue weighted by molar-refractivity contribution is -0.870. The Morgan fingerprint density at radius 1 is 0.486 bits per heavy atom. The van der Waals surface area contributed by atoms with Crippen molar-refractivity contribution in [3.63, 3.8) is 0 Å². The third-order valence-electron chi connectivity index (χ3n) is 14.3. The van der Waals surface area contributed by atoms with Crippen LogP contribution in [0.4, 0.5) is 0 Å². The highest BCUT2D eigenvalue weighted by atomic mass is 31.2. The molecular weight excluding hydrogens is 936 g/mol. The zero-order valence-corrected chi connectivity index (χ0v) is 50.4. The lowest BCUT2D eigenvalue weighted by Gasteiger charge is -2.30. The van der Waals surface area contributed by atoms with Crippen LogP contribution in [0.3, 0.4) is 0 Å². The number of rotatable bonds is 58. The van der Waals surface area contributed by atoms with Gasteiger partial charge in [0.25, 0.3) is 7.82 Å². The van der Waals surface area contributed by atoms with Crippen LogP contribution in [-0.2, 0) is 18.4 Å². The number of amides is 1. The average molecular weight is 1060 g/mol. The number of phosphoric acid groups is 1. The maximum atomic E-state index is 13.0. The van der Waals surface area contributed by atoms with E-state index in [2.05, 4.69) is 79.9 Å². The van der Waals surface area contributed by atoms with Crippen molar-refractivity contribution in [3.8, 4) is 0 Å². The average Bonchev–Trinajstić information content (AvgIpc) is 3.36. The number of unbranched alkanes of at least 4 members (excludes halogenated alkanes) is 35. The Labute approximate surface area is 460 Å². The van der Waals surface area contributed by atoms with E-state index < -0.39 is 20.0 Å². The number of aliphatic hydroxyl groups excluding tert-OH is 1. The molecule has 0 bridgehead atoms. The predicted octanol–water partition coefficient (Wildman–Crippen LogP) is 19.0. The van der Waals surface area contributed by atoms with Crippen LogP contribution >= 0.6 is 7.82 Å². The van der Waals surface area contributed by atoms with Crippen molar-refractivity contribution in [2.75, 3.05) is 40.9 Å². The first-order valence-electron chi connectivity index (χ1n) is 31.6. The molecule has 0 heterocycles. The van der Waals surface area contributed by atoms with Crippen LogP contribution in [-0.4, -0.2) is 68.5 Å². The summed E-state index contributed by atoms with van der Waals surface area (Å²) in [6, 6.07) is -0.800. The molecule has 0 fully saturated rings. The fourth-order valence-corrected chi connectivity index (χ4v) is 10.1. The molecule has 2 N–H and O–H groups in total. The monoisotopic (exact) mass is 1060 g/mol. The summed E-state index contributed by atoms with van der Waals surface area (Å²) in [4.78, 5) is 25.5. The van der Waals surface area contributed by atoms with Gasteiger partial charge in [-0.1, -0.05) is 293 Å². The Hall–Kier alpha value is -1.80. The van der Waals surface area contributed by atoms with Crippen LogP contribution in [0.15, 0.2) is 60.8 Å². The first-order valence-corrected chi connectivity index (χ1v) is 33.1. The molecule has 0 aliphatic rings. The molecule has 1 amide bonds. The standard InChI is InChI=1S/C65H123N2O6P/c1-6-8-10-12-14-16-18-20-22-23-24-25-26-27-28-29-30-31-32-33-34-35-36-37-38-39-40-41-42-43-45-47-49-51-53-55-57-59-65(69)66-63(62-73-74(70,71)72-61-60-67(3,4)5)64(68)58-56-54-52-50-48-46-44-21-19-17-15-13-11-9-7-2/h8,10,14,16,20,22,24-25,27-28,63-64,68H,6-7,9,11-13,15,17-19,21,23,26,29-62H2,1-5H3,(H-,66,69,70,71)/b10-8-,16-14-,22-20-,25-24-,28-27-. The summed E-state index contributed by atoms with van der Waals surface area (Å²) >= 11 is 0. The number of hydrogen-bond donors (Lipinski definition) is 2. The number of aliphatic hydroxyl groups is 1. The van der Waals surface area contributed by atoms with Crippen molar-refractivity contribution in [1.29, 1.82) is 0 Å². The second kappa shape index (κ2) is 55.9. The highest BCUT2D eigenvalue weighted by Gasteiger charge is 2.24. The third-order valence-corrected chi connectivity index (χ3v) is 15.2. The number of nitrogens with zero attached hydrogens (tertiary/aromatic N) is 1. The molecule has 0 aliphatic heterocycles. The van der Waals surface area contributed by atoms with Gasteiger partial charge in [0.1, 0.15) is 13.2 Å². The van der Waals surface area contributed by atoms with Crippen molar-refractivity contribution < 1.29 is 32.9 Å². The number of carbonyl (C=O) groups excluding carboxylic acids is 1. The highest BCUT2D eigenvalue weighted by molar-refractivity contribution is 7.45. The summed E-state index contributed by atoms with van der Waals surface area (Å²) < 4.78 is 23.4. The Kier molecular flexibility index (Phi) is 54.6. The SMILES string of the molecule is CC/C=C\C/C=C\C/C=C\C/C=C\C/C=C\CCCCCCCCCCCCCCCCCCCCCCCC(=O)NC(COP(=O)([O-])OCC[N+](C)(C)C)C(O)CCCCCCCCCCCCCCCCC. The summed E-state index contributed by atoms with van der Waals surface area (Å²) in [7, 11) is 1.31. The first-order chi connectivity index (χ1) is 36.0. The highest BCUT2D eigenvalue weighted by Crippen LogP contribution is 2.38. The van der Waals surface area contributed by atoms with E-state index >= 15 is 0 Å². The van der Waals surface area contributed by atoms with Gasteiger partial charge in [0.05, 0.1) is 39.9 Å². The number of phosphoric ester groups is 1. The van der Waals surface area contributed by atoms with Crippen molar-refractivity contribution >= 4 is 13.7 Å². The number of nitrogens with one attached hydrogen (secondary N) is 1. The van der Waals surface area contributed by atoms with Crippen molar-refractivity contribution in [2.24, 2.45) is 0 Å². The molecule has 0 saturated carbocycles. The van der Waals surface area contributed by atoms with Gasteiger partial charge in [-0.15, -0.1) is 0 Å². The van der Waals surface area contributed by atoms with Gasteiger partial charge >= 0.3 is 0 Å². The maximum absolute atomic E-state index is 13.0. The molecule has 0 aromatic heterocycles. The Morgan fingerprint density at radius 2 is 0.824 bits per heavy atom. The summed E-state index contributed by atoms with van der Waals surface area (Å²) in [5.74, 6) is -0.161. The molecule has 3 unspecified atom stereocenters. The van der Waals surface area contributed by atoms with E-state index in [0.29, 0.717) is 23.9 Å². The van der Waals surface area contributed by atoms with Crippen LogP contribution in [0, 0.1) is 0 Å². The number of carbonyl (C=O) groups is 1. The second-order valence-corrected chi connectivity index (χ2v) is 24.2. The molecule has 0 radical (unpaired) electrons. The van der Waals surface area contributed by atoms with E-state index in [1.165, 1.54) is 199 Å². The minimum atomic E-state index is -4.57. The minimum Gasteiger partial charge on any atom is -0.756 e. The van der Waals surface area contributed by atoms with Crippen LogP contribution in [0.25, 0.3) is 0 Å². The molecule has 0 rings (SSSR count). The van der Waals surface area contributed by atoms with Gasteiger partial charge in [-0.2, -0.15) is 0 Å². The molecule has 3 atom stereocenters. The fourth-order valence-electron chi connectivity index (χ4n) is 9.36. The van der Waals surface area contributed by atoms with Crippen molar-refractivity contribution in [3.05, 3.63) is 60.8 Å². The van der Waals surface area contributed by atoms with Crippen LogP contribution in [0.5, 0.6) is 0 Å². The maximum Gasteiger partial charge on any atom is 0.268 e. The van der Waals surface area contributed by atoms with Crippen LogP contribution in [0.2, 0.25) is 0 Å². The van der Waals surface area contributed by atoms with E-state index in [1.807, 2.05) is 21.1 Å². The van der Waals surface area contributed by atoms with E-state index in [4.69, 9.17) is 9.05 Å². The third kappa shape index (κ3) is 57.9. The molecule has 0 spiro atoms. The van der Waals surface area contributed by atoms with Gasteiger partial charge < -0.3 is 28.8 Å². The minimum absolute atomic E-state index is 0.0131.